The van der Waals surface area contributed by atoms with Gasteiger partial charge in [0.2, 0.25) is 0 Å². The summed E-state index contributed by atoms with van der Waals surface area (Å²) < 4.78 is 22.7. The fraction of sp³-hybridized carbons (Fsp3) is 1.00. The molecular weight excluding hydrogens is 224 g/mol. The Morgan fingerprint density at radius 2 is 2.06 bits per heavy atom. The minimum Gasteiger partial charge on any atom is -0.315 e. The summed E-state index contributed by atoms with van der Waals surface area (Å²) in [6, 6.07) is 0.243. The van der Waals surface area contributed by atoms with E-state index < -0.39 is 9.84 Å². The zero-order chi connectivity index (χ0) is 11.6. The monoisotopic (exact) mass is 246 g/mol. The Labute approximate surface area is 98.3 Å². The molecule has 0 aromatic heterocycles. The molecule has 2 fully saturated rings. The Balaban J connectivity index is 1.61. The summed E-state index contributed by atoms with van der Waals surface area (Å²) in [6.07, 6.45) is 3.56. The van der Waals surface area contributed by atoms with Crippen LogP contribution in [0.4, 0.5) is 0 Å². The molecule has 0 amide bonds. The zero-order valence-corrected chi connectivity index (χ0v) is 10.8. The molecule has 0 radical (unpaired) electrons. The highest BCUT2D eigenvalue weighted by Gasteiger charge is 2.30. The molecule has 4 nitrogen and oxygen atoms in total. The largest absolute Gasteiger partial charge is 0.315 e. The Morgan fingerprint density at radius 3 is 2.62 bits per heavy atom. The standard InChI is InChI=1S/C11H22N2O2S/c1-13(6-5-12-8-10-2-3-10)11-4-7-16(14,15)9-11/h10-12H,2-9H2,1H3. The van der Waals surface area contributed by atoms with E-state index in [1.54, 1.807) is 0 Å². The topological polar surface area (TPSA) is 49.4 Å². The van der Waals surface area contributed by atoms with E-state index in [1.165, 1.54) is 12.8 Å². The van der Waals surface area contributed by atoms with Crippen LogP contribution in [0.2, 0.25) is 0 Å². The lowest BCUT2D eigenvalue weighted by Crippen LogP contribution is -2.38. The number of likely N-dealkylation sites (N-methyl/N-ethyl adjacent to an activating group) is 1. The van der Waals surface area contributed by atoms with E-state index in [4.69, 9.17) is 0 Å². The van der Waals surface area contributed by atoms with E-state index in [1.807, 2.05) is 7.05 Å². The summed E-state index contributed by atoms with van der Waals surface area (Å²) in [5.74, 6) is 1.64. The summed E-state index contributed by atoms with van der Waals surface area (Å²) in [6.45, 7) is 3.06. The number of nitrogens with one attached hydrogen (secondary N) is 1. The first-order valence-electron chi connectivity index (χ1n) is 6.18. The third-order valence-electron chi connectivity index (χ3n) is 3.60. The van der Waals surface area contributed by atoms with Crippen LogP contribution in [-0.2, 0) is 9.84 Å². The highest BCUT2D eigenvalue weighted by molar-refractivity contribution is 7.91. The zero-order valence-electron chi connectivity index (χ0n) is 9.98. The predicted molar refractivity (Wildman–Crippen MR) is 65.3 cm³/mol. The van der Waals surface area contributed by atoms with Crippen molar-refractivity contribution in [3.05, 3.63) is 0 Å². The second-order valence-electron chi connectivity index (χ2n) is 5.18. The van der Waals surface area contributed by atoms with Gasteiger partial charge in [0.15, 0.2) is 9.84 Å². The molecule has 1 atom stereocenters. The lowest BCUT2D eigenvalue weighted by molar-refractivity contribution is 0.261. The van der Waals surface area contributed by atoms with Crippen LogP contribution in [0.25, 0.3) is 0 Å². The van der Waals surface area contributed by atoms with Gasteiger partial charge in [0, 0.05) is 19.1 Å². The number of hydrogen-bond donors (Lipinski definition) is 1. The summed E-state index contributed by atoms with van der Waals surface area (Å²) in [5.41, 5.74) is 0. The number of sulfone groups is 1. The van der Waals surface area contributed by atoms with Gasteiger partial charge < -0.3 is 10.2 Å². The lowest BCUT2D eigenvalue weighted by atomic mass is 10.2. The van der Waals surface area contributed by atoms with Crippen molar-refractivity contribution in [1.29, 1.82) is 0 Å². The van der Waals surface area contributed by atoms with Gasteiger partial charge in [0.25, 0.3) is 0 Å². The average Bonchev–Trinajstić information content (AvgIpc) is 2.97. The van der Waals surface area contributed by atoms with Crippen LogP contribution >= 0.6 is 0 Å². The first kappa shape index (κ1) is 12.3. The first-order chi connectivity index (χ1) is 7.57. The SMILES string of the molecule is CN(CCNCC1CC1)C1CCS(=O)(=O)C1. The number of nitrogens with zero attached hydrogens (tertiary/aromatic N) is 1. The minimum atomic E-state index is -2.74. The van der Waals surface area contributed by atoms with Crippen molar-refractivity contribution in [2.45, 2.75) is 25.3 Å². The summed E-state index contributed by atoms with van der Waals surface area (Å²) >= 11 is 0. The van der Waals surface area contributed by atoms with Gasteiger partial charge in [-0.05, 0) is 38.8 Å². The van der Waals surface area contributed by atoms with Crippen LogP contribution in [0.1, 0.15) is 19.3 Å². The lowest BCUT2D eigenvalue weighted by Gasteiger charge is -2.23. The smallest absolute Gasteiger partial charge is 0.151 e. The van der Waals surface area contributed by atoms with Crippen LogP contribution < -0.4 is 5.32 Å². The summed E-state index contributed by atoms with van der Waals surface area (Å²) in [5, 5.41) is 3.43. The maximum absolute atomic E-state index is 11.3. The van der Waals surface area contributed by atoms with Crippen molar-refractivity contribution in [2.24, 2.45) is 5.92 Å². The van der Waals surface area contributed by atoms with Crippen LogP contribution in [0.15, 0.2) is 0 Å². The van der Waals surface area contributed by atoms with E-state index in [0.29, 0.717) is 11.5 Å². The van der Waals surface area contributed by atoms with E-state index in [2.05, 4.69) is 10.2 Å². The van der Waals surface area contributed by atoms with Gasteiger partial charge >= 0.3 is 0 Å². The molecule has 1 heterocycles. The highest BCUT2D eigenvalue weighted by Crippen LogP contribution is 2.27. The van der Waals surface area contributed by atoms with Crippen LogP contribution in [0, 0.1) is 5.92 Å². The normalized spacial score (nSPS) is 28.8. The molecule has 5 heteroatoms. The molecule has 0 spiro atoms. The van der Waals surface area contributed by atoms with Gasteiger partial charge in [-0.2, -0.15) is 0 Å². The van der Waals surface area contributed by atoms with E-state index >= 15 is 0 Å². The maximum atomic E-state index is 11.3. The molecule has 2 aliphatic rings. The van der Waals surface area contributed by atoms with Gasteiger partial charge in [-0.25, -0.2) is 8.42 Å². The first-order valence-corrected chi connectivity index (χ1v) is 8.00. The Hall–Kier alpha value is -0.130. The van der Waals surface area contributed by atoms with Crippen molar-refractivity contribution in [3.63, 3.8) is 0 Å². The molecule has 1 saturated carbocycles. The van der Waals surface area contributed by atoms with Crippen molar-refractivity contribution < 1.29 is 8.42 Å². The molecule has 0 aromatic carbocycles. The molecule has 0 aromatic rings. The van der Waals surface area contributed by atoms with Crippen molar-refractivity contribution in [3.8, 4) is 0 Å². The number of hydrogen-bond acceptors (Lipinski definition) is 4. The van der Waals surface area contributed by atoms with E-state index in [9.17, 15) is 8.42 Å². The average molecular weight is 246 g/mol. The second-order valence-corrected chi connectivity index (χ2v) is 7.41. The van der Waals surface area contributed by atoms with Crippen LogP contribution in [0.5, 0.6) is 0 Å². The molecule has 0 bridgehead atoms. The molecule has 1 unspecified atom stereocenters. The second kappa shape index (κ2) is 5.02. The van der Waals surface area contributed by atoms with Crippen molar-refractivity contribution >= 4 is 9.84 Å². The number of rotatable bonds is 6. The fourth-order valence-electron chi connectivity index (χ4n) is 2.19. The van der Waals surface area contributed by atoms with Crippen molar-refractivity contribution in [2.75, 3.05) is 38.2 Å². The molecular formula is C11H22N2O2S. The molecule has 1 N–H and O–H groups in total. The highest BCUT2D eigenvalue weighted by atomic mass is 32.2. The Bertz CT molecular complexity index is 325. The summed E-state index contributed by atoms with van der Waals surface area (Å²) in [4.78, 5) is 2.18. The van der Waals surface area contributed by atoms with Gasteiger partial charge in [0.1, 0.15) is 0 Å². The third kappa shape index (κ3) is 3.71. The van der Waals surface area contributed by atoms with Gasteiger partial charge in [0.05, 0.1) is 11.5 Å². The molecule has 16 heavy (non-hydrogen) atoms. The Kier molecular flexibility index (Phi) is 3.87. The maximum Gasteiger partial charge on any atom is 0.151 e. The predicted octanol–water partition coefficient (Wildman–Crippen LogP) is 0.105. The van der Waals surface area contributed by atoms with Crippen LogP contribution in [-0.4, -0.2) is 57.5 Å². The Morgan fingerprint density at radius 1 is 1.31 bits per heavy atom. The van der Waals surface area contributed by atoms with Gasteiger partial charge in [-0.15, -0.1) is 0 Å². The molecule has 1 aliphatic carbocycles. The molecule has 1 aliphatic heterocycles. The molecule has 94 valence electrons. The van der Waals surface area contributed by atoms with Gasteiger partial charge in [-0.1, -0.05) is 0 Å². The van der Waals surface area contributed by atoms with Crippen LogP contribution in [0.3, 0.4) is 0 Å². The summed E-state index contributed by atoms with van der Waals surface area (Å²) in [7, 11) is -0.705. The van der Waals surface area contributed by atoms with E-state index in [0.717, 1.165) is 32.0 Å². The quantitative estimate of drug-likeness (QED) is 0.676. The molecule has 2 rings (SSSR count). The van der Waals surface area contributed by atoms with Gasteiger partial charge in [-0.3, -0.25) is 0 Å². The minimum absolute atomic E-state index is 0.243. The van der Waals surface area contributed by atoms with E-state index in [-0.39, 0.29) is 6.04 Å². The third-order valence-corrected chi connectivity index (χ3v) is 5.35. The molecule has 1 saturated heterocycles. The van der Waals surface area contributed by atoms with Crippen molar-refractivity contribution in [1.82, 2.24) is 10.2 Å². The fourth-order valence-corrected chi connectivity index (χ4v) is 3.99.